The van der Waals surface area contributed by atoms with Crippen molar-refractivity contribution < 1.29 is 9.53 Å². The molecule has 0 aliphatic heterocycles. The highest BCUT2D eigenvalue weighted by Crippen LogP contribution is 2.09. The number of carbonyl (C=O) groups excluding carboxylic acids is 1. The molecule has 100 valence electrons. The Kier molecular flexibility index (Phi) is 11.6. The van der Waals surface area contributed by atoms with Crippen molar-refractivity contribution in [2.24, 2.45) is 0 Å². The van der Waals surface area contributed by atoms with Gasteiger partial charge in [-0.05, 0) is 19.8 Å². The number of carbonyl (C=O) groups is 1. The first-order valence-electron chi connectivity index (χ1n) is 6.57. The summed E-state index contributed by atoms with van der Waals surface area (Å²) >= 11 is 5.60. The molecule has 0 saturated carbocycles. The average Bonchev–Trinajstić information content (AvgIpc) is 2.31. The third kappa shape index (κ3) is 11.8. The molecule has 0 radical (unpaired) electrons. The van der Waals surface area contributed by atoms with Gasteiger partial charge in [0.2, 0.25) is 0 Å². The highest BCUT2D eigenvalue weighted by molar-refractivity contribution is 6.17. The lowest BCUT2D eigenvalue weighted by atomic mass is 10.1. The van der Waals surface area contributed by atoms with Crippen molar-refractivity contribution in [2.45, 2.75) is 58.3 Å². The predicted octanol–water partition coefficient (Wildman–Crippen LogP) is 4.47. The van der Waals surface area contributed by atoms with Gasteiger partial charge in [-0.2, -0.15) is 0 Å². The second kappa shape index (κ2) is 12.0. The van der Waals surface area contributed by atoms with Crippen LogP contribution in [0, 0.1) is 0 Å². The van der Waals surface area contributed by atoms with Gasteiger partial charge in [-0.1, -0.05) is 45.1 Å². The van der Waals surface area contributed by atoms with E-state index in [4.69, 9.17) is 16.3 Å². The molecular formula is C14H25ClO2. The Morgan fingerprint density at radius 2 is 1.47 bits per heavy atom. The van der Waals surface area contributed by atoms with Crippen LogP contribution >= 0.6 is 11.6 Å². The van der Waals surface area contributed by atoms with Crippen LogP contribution in [0.3, 0.4) is 0 Å². The minimum absolute atomic E-state index is 0.272. The van der Waals surface area contributed by atoms with E-state index in [1.54, 1.807) is 6.92 Å². The first kappa shape index (κ1) is 16.5. The van der Waals surface area contributed by atoms with Gasteiger partial charge in [0, 0.05) is 11.5 Å². The minimum Gasteiger partial charge on any atom is -0.462 e. The van der Waals surface area contributed by atoms with E-state index < -0.39 is 0 Å². The first-order chi connectivity index (χ1) is 8.18. The molecule has 0 atom stereocenters. The van der Waals surface area contributed by atoms with E-state index in [1.165, 1.54) is 32.1 Å². The summed E-state index contributed by atoms with van der Waals surface area (Å²) in [5, 5.41) is 0. The standard InChI is InChI=1S/C14H25ClO2/c1-13(2)14(16)17-12-10-8-6-4-3-5-7-9-11-15/h1,3-12H2,2H3. The largest absolute Gasteiger partial charge is 0.462 e. The Bertz CT molecular complexity index is 214. The topological polar surface area (TPSA) is 26.3 Å². The fourth-order valence-electron chi connectivity index (χ4n) is 1.55. The molecule has 0 fully saturated rings. The van der Waals surface area contributed by atoms with E-state index in [0.29, 0.717) is 12.2 Å². The van der Waals surface area contributed by atoms with Crippen LogP contribution < -0.4 is 0 Å². The molecule has 0 unspecified atom stereocenters. The summed E-state index contributed by atoms with van der Waals surface area (Å²) in [5.74, 6) is 0.514. The smallest absolute Gasteiger partial charge is 0.333 e. The zero-order valence-electron chi connectivity index (χ0n) is 11.0. The number of alkyl halides is 1. The van der Waals surface area contributed by atoms with Crippen molar-refractivity contribution >= 4 is 17.6 Å². The second-order valence-electron chi connectivity index (χ2n) is 4.43. The summed E-state index contributed by atoms with van der Waals surface area (Å²) in [6, 6.07) is 0. The Morgan fingerprint density at radius 1 is 1.00 bits per heavy atom. The van der Waals surface area contributed by atoms with Crippen LogP contribution in [0.4, 0.5) is 0 Å². The predicted molar refractivity (Wildman–Crippen MR) is 73.4 cm³/mol. The Hall–Kier alpha value is -0.500. The normalized spacial score (nSPS) is 10.2. The number of halogens is 1. The molecule has 0 aromatic carbocycles. The highest BCUT2D eigenvalue weighted by Gasteiger charge is 2.01. The van der Waals surface area contributed by atoms with Gasteiger partial charge in [-0.25, -0.2) is 4.79 Å². The summed E-state index contributed by atoms with van der Waals surface area (Å²) in [7, 11) is 0. The van der Waals surface area contributed by atoms with E-state index in [2.05, 4.69) is 6.58 Å². The van der Waals surface area contributed by atoms with Crippen molar-refractivity contribution in [3.05, 3.63) is 12.2 Å². The van der Waals surface area contributed by atoms with E-state index in [9.17, 15) is 4.79 Å². The van der Waals surface area contributed by atoms with Crippen LogP contribution in [0.25, 0.3) is 0 Å². The molecule has 2 nitrogen and oxygen atoms in total. The van der Waals surface area contributed by atoms with Crippen molar-refractivity contribution in [1.29, 1.82) is 0 Å². The first-order valence-corrected chi connectivity index (χ1v) is 7.10. The van der Waals surface area contributed by atoms with Crippen LogP contribution in [0.1, 0.15) is 58.3 Å². The van der Waals surface area contributed by atoms with E-state index in [1.807, 2.05) is 0 Å². The lowest BCUT2D eigenvalue weighted by molar-refractivity contribution is -0.139. The molecule has 3 heteroatoms. The number of unbranched alkanes of at least 4 members (excludes halogenated alkanes) is 7. The molecule has 0 amide bonds. The Balaban J connectivity index is 3.08. The second-order valence-corrected chi connectivity index (χ2v) is 4.81. The third-order valence-corrected chi connectivity index (χ3v) is 2.88. The highest BCUT2D eigenvalue weighted by atomic mass is 35.5. The van der Waals surface area contributed by atoms with Crippen LogP contribution in [-0.2, 0) is 9.53 Å². The molecule has 0 N–H and O–H groups in total. The number of esters is 1. The number of ether oxygens (including phenoxy) is 1. The van der Waals surface area contributed by atoms with Crippen molar-refractivity contribution in [3.63, 3.8) is 0 Å². The van der Waals surface area contributed by atoms with Gasteiger partial charge >= 0.3 is 5.97 Å². The zero-order valence-corrected chi connectivity index (χ0v) is 11.7. The minimum atomic E-state index is -0.272. The van der Waals surface area contributed by atoms with E-state index >= 15 is 0 Å². The molecule has 17 heavy (non-hydrogen) atoms. The molecule has 0 aromatic heterocycles. The average molecular weight is 261 g/mol. The maximum Gasteiger partial charge on any atom is 0.333 e. The SMILES string of the molecule is C=C(C)C(=O)OCCCCCCCCCCCl. The van der Waals surface area contributed by atoms with Crippen LogP contribution in [-0.4, -0.2) is 18.5 Å². The van der Waals surface area contributed by atoms with Gasteiger partial charge in [0.25, 0.3) is 0 Å². The quantitative estimate of drug-likeness (QED) is 0.237. The summed E-state index contributed by atoms with van der Waals surface area (Å²) in [6.45, 7) is 5.73. The maximum atomic E-state index is 11.0. The molecular weight excluding hydrogens is 236 g/mol. The van der Waals surface area contributed by atoms with Gasteiger partial charge in [0.05, 0.1) is 6.61 Å². The van der Waals surface area contributed by atoms with Gasteiger partial charge in [-0.3, -0.25) is 0 Å². The summed E-state index contributed by atoms with van der Waals surface area (Å²) in [4.78, 5) is 11.0. The molecule has 0 saturated heterocycles. The zero-order chi connectivity index (χ0) is 12.9. The van der Waals surface area contributed by atoms with Gasteiger partial charge in [0.1, 0.15) is 0 Å². The van der Waals surface area contributed by atoms with Crippen LogP contribution in [0.2, 0.25) is 0 Å². The van der Waals surface area contributed by atoms with Gasteiger partial charge in [0.15, 0.2) is 0 Å². The number of rotatable bonds is 11. The molecule has 0 aliphatic rings. The van der Waals surface area contributed by atoms with Gasteiger partial charge in [-0.15, -0.1) is 11.6 Å². The monoisotopic (exact) mass is 260 g/mol. The molecule has 0 bridgehead atoms. The lowest BCUT2D eigenvalue weighted by Gasteiger charge is -2.04. The molecule has 0 spiro atoms. The number of hydrogen-bond acceptors (Lipinski definition) is 2. The Morgan fingerprint density at radius 3 is 1.94 bits per heavy atom. The summed E-state index contributed by atoms with van der Waals surface area (Å²) < 4.78 is 5.01. The van der Waals surface area contributed by atoms with Crippen LogP contribution in [0.5, 0.6) is 0 Å². The molecule has 0 aromatic rings. The van der Waals surface area contributed by atoms with Crippen molar-refractivity contribution in [2.75, 3.05) is 12.5 Å². The van der Waals surface area contributed by atoms with Gasteiger partial charge < -0.3 is 4.74 Å². The van der Waals surface area contributed by atoms with Crippen molar-refractivity contribution in [1.82, 2.24) is 0 Å². The van der Waals surface area contributed by atoms with Crippen LogP contribution in [0.15, 0.2) is 12.2 Å². The van der Waals surface area contributed by atoms with Crippen molar-refractivity contribution in [3.8, 4) is 0 Å². The molecule has 0 rings (SSSR count). The summed E-state index contributed by atoms with van der Waals surface area (Å²) in [5.41, 5.74) is 0.476. The molecule has 0 heterocycles. The van der Waals surface area contributed by atoms with E-state index in [0.717, 1.165) is 25.1 Å². The Labute approximate surface area is 110 Å². The third-order valence-electron chi connectivity index (χ3n) is 2.61. The lowest BCUT2D eigenvalue weighted by Crippen LogP contribution is -2.05. The van der Waals surface area contributed by atoms with E-state index in [-0.39, 0.29) is 5.97 Å². The summed E-state index contributed by atoms with van der Waals surface area (Å²) in [6.07, 6.45) is 9.57. The fraction of sp³-hybridized carbons (Fsp3) is 0.786. The number of hydrogen-bond donors (Lipinski definition) is 0. The maximum absolute atomic E-state index is 11.0. The fourth-order valence-corrected chi connectivity index (χ4v) is 1.73. The molecule has 0 aliphatic carbocycles.